The van der Waals surface area contributed by atoms with Gasteiger partial charge in [-0.25, -0.2) is 0 Å². The van der Waals surface area contributed by atoms with Crippen LogP contribution in [0.15, 0.2) is 48.5 Å². The molecule has 0 aliphatic heterocycles. The molecule has 2 aromatic rings. The van der Waals surface area contributed by atoms with E-state index >= 15 is 0 Å². The zero-order valence-corrected chi connectivity index (χ0v) is 14.9. The lowest BCUT2D eigenvalue weighted by Gasteiger charge is -2.06. The highest BCUT2D eigenvalue weighted by Crippen LogP contribution is 2.13. The van der Waals surface area contributed by atoms with Crippen molar-refractivity contribution in [1.82, 2.24) is 0 Å². The van der Waals surface area contributed by atoms with Gasteiger partial charge in [-0.15, -0.1) is 0 Å². The number of nitrogens with two attached hydrogens (primary N) is 2. The molecular weight excluding hydrogens is 352 g/mol. The van der Waals surface area contributed by atoms with Crippen LogP contribution in [0.1, 0.15) is 11.1 Å². The van der Waals surface area contributed by atoms with E-state index in [0.717, 1.165) is 16.9 Å². The van der Waals surface area contributed by atoms with E-state index in [1.165, 1.54) is 12.1 Å². The Bertz CT molecular complexity index is 748. The summed E-state index contributed by atoms with van der Waals surface area (Å²) >= 11 is 0. The molecule has 2 atom stereocenters. The molecule has 0 aromatic heterocycles. The third-order valence-electron chi connectivity index (χ3n) is 3.62. The zero-order chi connectivity index (χ0) is 20.4. The van der Waals surface area contributed by atoms with E-state index in [9.17, 15) is 9.59 Å². The number of carboxylic acid groups (broad SMARTS) is 2. The van der Waals surface area contributed by atoms with Gasteiger partial charge in [0.05, 0.1) is 7.11 Å². The highest BCUT2D eigenvalue weighted by atomic mass is 16.5. The average Bonchev–Trinajstić information content (AvgIpc) is 2.62. The number of hydrogen-bond acceptors (Lipinski definition) is 6. The van der Waals surface area contributed by atoms with Crippen molar-refractivity contribution in [1.29, 1.82) is 0 Å². The number of aromatic hydroxyl groups is 1. The zero-order valence-electron chi connectivity index (χ0n) is 14.9. The Hall–Kier alpha value is -3.10. The predicted octanol–water partition coefficient (Wildman–Crippen LogP) is 0.996. The van der Waals surface area contributed by atoms with Crippen LogP contribution in [0.2, 0.25) is 0 Å². The monoisotopic (exact) mass is 376 g/mol. The van der Waals surface area contributed by atoms with Gasteiger partial charge in [-0.3, -0.25) is 9.59 Å². The minimum atomic E-state index is -1.04. The van der Waals surface area contributed by atoms with Gasteiger partial charge in [-0.2, -0.15) is 0 Å². The maximum Gasteiger partial charge on any atom is 0.320 e. The molecule has 0 radical (unpaired) electrons. The third-order valence-corrected chi connectivity index (χ3v) is 3.62. The van der Waals surface area contributed by atoms with Crippen LogP contribution >= 0.6 is 0 Å². The Morgan fingerprint density at radius 2 is 1.44 bits per heavy atom. The second-order valence-electron chi connectivity index (χ2n) is 5.82. The van der Waals surface area contributed by atoms with E-state index < -0.39 is 24.0 Å². The predicted molar refractivity (Wildman–Crippen MR) is 99.7 cm³/mol. The second kappa shape index (κ2) is 10.8. The van der Waals surface area contributed by atoms with Gasteiger partial charge in [-0.05, 0) is 48.2 Å². The molecule has 0 heterocycles. The molecule has 0 fully saturated rings. The number of phenolic OH excluding ortho intramolecular Hbond substituents is 1. The van der Waals surface area contributed by atoms with Gasteiger partial charge in [-0.1, -0.05) is 24.3 Å². The first kappa shape index (κ1) is 21.9. The van der Waals surface area contributed by atoms with E-state index in [1.54, 1.807) is 31.4 Å². The fourth-order valence-corrected chi connectivity index (χ4v) is 2.13. The van der Waals surface area contributed by atoms with Crippen LogP contribution in [-0.2, 0) is 22.4 Å². The molecule has 0 amide bonds. The van der Waals surface area contributed by atoms with E-state index in [0.29, 0.717) is 6.42 Å². The van der Waals surface area contributed by atoms with Crippen molar-refractivity contribution >= 4 is 11.9 Å². The smallest absolute Gasteiger partial charge is 0.320 e. The van der Waals surface area contributed by atoms with Gasteiger partial charge in [0.1, 0.15) is 23.6 Å². The minimum Gasteiger partial charge on any atom is -0.508 e. The number of hydrogen-bond donors (Lipinski definition) is 5. The summed E-state index contributed by atoms with van der Waals surface area (Å²) < 4.78 is 4.97. The second-order valence-corrected chi connectivity index (χ2v) is 5.82. The summed E-state index contributed by atoms with van der Waals surface area (Å²) in [5, 5.41) is 26.2. The molecule has 2 rings (SSSR count). The van der Waals surface area contributed by atoms with Crippen LogP contribution in [0.4, 0.5) is 0 Å². The van der Waals surface area contributed by atoms with Crippen molar-refractivity contribution in [3.8, 4) is 11.5 Å². The fourth-order valence-electron chi connectivity index (χ4n) is 2.13. The van der Waals surface area contributed by atoms with E-state index in [1.807, 2.05) is 12.1 Å². The number of phenols is 1. The fraction of sp³-hybridized carbons (Fsp3) is 0.263. The van der Waals surface area contributed by atoms with Crippen LogP contribution in [0.25, 0.3) is 0 Å². The van der Waals surface area contributed by atoms with Crippen molar-refractivity contribution in [2.24, 2.45) is 11.5 Å². The molecule has 8 heteroatoms. The summed E-state index contributed by atoms with van der Waals surface area (Å²) in [5.74, 6) is -1.16. The van der Waals surface area contributed by atoms with Gasteiger partial charge in [0.15, 0.2) is 0 Å². The topological polar surface area (TPSA) is 156 Å². The Morgan fingerprint density at radius 1 is 0.926 bits per heavy atom. The molecule has 2 aromatic carbocycles. The number of rotatable bonds is 7. The summed E-state index contributed by atoms with van der Waals surface area (Å²) in [7, 11) is 1.58. The van der Waals surface area contributed by atoms with Gasteiger partial charge in [0.25, 0.3) is 0 Å². The third kappa shape index (κ3) is 8.21. The molecule has 0 unspecified atom stereocenters. The first-order valence-electron chi connectivity index (χ1n) is 8.10. The molecular formula is C19H24N2O6. The maximum absolute atomic E-state index is 10.5. The summed E-state index contributed by atoms with van der Waals surface area (Å²) in [6.45, 7) is 0. The van der Waals surface area contributed by atoms with E-state index in [2.05, 4.69) is 0 Å². The van der Waals surface area contributed by atoms with Gasteiger partial charge in [0, 0.05) is 0 Å². The number of aliphatic carboxylic acids is 2. The quantitative estimate of drug-likeness (QED) is 0.479. The Kier molecular flexibility index (Phi) is 8.77. The number of methoxy groups -OCH3 is 1. The Morgan fingerprint density at radius 3 is 1.89 bits per heavy atom. The molecule has 146 valence electrons. The molecule has 7 N–H and O–H groups in total. The molecule has 0 saturated heterocycles. The molecule has 27 heavy (non-hydrogen) atoms. The van der Waals surface area contributed by atoms with Crippen molar-refractivity contribution in [2.45, 2.75) is 24.9 Å². The Labute approximate surface area is 157 Å². The lowest BCUT2D eigenvalue weighted by molar-refractivity contribution is -0.139. The van der Waals surface area contributed by atoms with E-state index in [4.69, 9.17) is 31.5 Å². The highest BCUT2D eigenvalue weighted by molar-refractivity contribution is 5.73. The maximum atomic E-state index is 10.5. The standard InChI is InChI=1S/C10H13NO3.C9H11NO3/c1-14-8-4-2-7(3-5-8)6-9(11)10(12)13;10-8(9(12)13)5-6-2-1-3-7(11)4-6/h2-5,9H,6,11H2,1H3,(H,12,13);1-4,8,11H,5,10H2,(H,12,13)/t9-;8-/m00/s1. The van der Waals surface area contributed by atoms with Crippen molar-refractivity contribution in [3.63, 3.8) is 0 Å². The number of carboxylic acids is 2. The largest absolute Gasteiger partial charge is 0.508 e. The van der Waals surface area contributed by atoms with Crippen LogP contribution < -0.4 is 16.2 Å². The van der Waals surface area contributed by atoms with Gasteiger partial charge >= 0.3 is 11.9 Å². The summed E-state index contributed by atoms with van der Waals surface area (Å²) in [4.78, 5) is 20.9. The number of benzene rings is 2. The SMILES string of the molecule is COc1ccc(C[C@H](N)C(=O)O)cc1.N[C@@H](Cc1cccc(O)c1)C(=O)O. The normalized spacial score (nSPS) is 12.3. The van der Waals surface area contributed by atoms with Crippen LogP contribution in [0.3, 0.4) is 0 Å². The highest BCUT2D eigenvalue weighted by Gasteiger charge is 2.12. The molecule has 0 spiro atoms. The minimum absolute atomic E-state index is 0.120. The molecule has 0 bridgehead atoms. The lowest BCUT2D eigenvalue weighted by Crippen LogP contribution is -2.32. The molecule has 0 aliphatic carbocycles. The lowest BCUT2D eigenvalue weighted by atomic mass is 10.1. The Balaban J connectivity index is 0.000000271. The molecule has 0 saturated carbocycles. The molecule has 0 aliphatic rings. The van der Waals surface area contributed by atoms with Crippen LogP contribution in [0.5, 0.6) is 11.5 Å². The van der Waals surface area contributed by atoms with E-state index in [-0.39, 0.29) is 12.2 Å². The summed E-state index contributed by atoms with van der Waals surface area (Å²) in [6, 6.07) is 11.8. The van der Waals surface area contributed by atoms with Gasteiger partial charge < -0.3 is 31.5 Å². The van der Waals surface area contributed by atoms with Crippen LogP contribution in [0, 0.1) is 0 Å². The first-order chi connectivity index (χ1) is 12.7. The van der Waals surface area contributed by atoms with Crippen LogP contribution in [-0.4, -0.2) is 46.5 Å². The number of ether oxygens (including phenoxy) is 1. The van der Waals surface area contributed by atoms with Crippen molar-refractivity contribution in [3.05, 3.63) is 59.7 Å². The van der Waals surface area contributed by atoms with Gasteiger partial charge in [0.2, 0.25) is 0 Å². The molecule has 8 nitrogen and oxygen atoms in total. The van der Waals surface area contributed by atoms with Crippen molar-refractivity contribution in [2.75, 3.05) is 7.11 Å². The summed E-state index contributed by atoms with van der Waals surface area (Å²) in [5.41, 5.74) is 12.3. The average molecular weight is 376 g/mol. The van der Waals surface area contributed by atoms with Crippen molar-refractivity contribution < 1.29 is 29.6 Å². The first-order valence-corrected chi connectivity index (χ1v) is 8.10. The number of carbonyl (C=O) groups is 2. The summed E-state index contributed by atoms with van der Waals surface area (Å²) in [6.07, 6.45) is 0.559.